The van der Waals surface area contributed by atoms with E-state index in [9.17, 15) is 56.5 Å². The van der Waals surface area contributed by atoms with Gasteiger partial charge in [0.15, 0.2) is 22.9 Å². The van der Waals surface area contributed by atoms with E-state index < -0.39 is 69.3 Å². The Bertz CT molecular complexity index is 2550. The molecule has 4 aliphatic heterocycles. The molecule has 2 aliphatic carbocycles. The molecule has 6 heterocycles. The van der Waals surface area contributed by atoms with Crippen LogP contribution < -0.4 is 32.1 Å². The van der Waals surface area contributed by atoms with Crippen molar-refractivity contribution in [2.45, 2.75) is 114 Å². The van der Waals surface area contributed by atoms with Crippen molar-refractivity contribution in [1.82, 2.24) is 40.2 Å². The van der Waals surface area contributed by atoms with Gasteiger partial charge >= 0.3 is 0 Å². The average molecular weight is 889 g/mol. The molecule has 16 nitrogen and oxygen atoms in total. The number of aromatic hydroxyl groups is 2. The van der Waals surface area contributed by atoms with Crippen molar-refractivity contribution in [3.63, 3.8) is 0 Å². The predicted octanol–water partition coefficient (Wildman–Crippen LogP) is 2.92. The number of aromatic nitrogens is 2. The molecular weight excluding hydrogens is 845 g/mol. The van der Waals surface area contributed by atoms with E-state index in [1.165, 1.54) is 33.7 Å². The number of hydrogen-bond acceptors (Lipinski definition) is 10. The van der Waals surface area contributed by atoms with Gasteiger partial charge in [-0.05, 0) is 37.8 Å². The Morgan fingerprint density at radius 2 is 1.00 bits per heavy atom. The number of benzene rings is 2. The molecule has 4 fully saturated rings. The first-order chi connectivity index (χ1) is 30.7. The van der Waals surface area contributed by atoms with E-state index in [4.69, 9.17) is 0 Å². The van der Waals surface area contributed by atoms with Gasteiger partial charge in [-0.25, -0.2) is 17.6 Å². The van der Waals surface area contributed by atoms with E-state index in [0.717, 1.165) is 63.5 Å². The van der Waals surface area contributed by atoms with Crippen LogP contribution in [0.2, 0.25) is 0 Å². The average Bonchev–Trinajstić information content (AvgIpc) is 3.84. The minimum atomic E-state index is -0.965. The third kappa shape index (κ3) is 7.56. The lowest BCUT2D eigenvalue weighted by Crippen LogP contribution is -2.51. The van der Waals surface area contributed by atoms with Crippen molar-refractivity contribution in [1.29, 1.82) is 0 Å². The van der Waals surface area contributed by atoms with E-state index in [1.54, 1.807) is 9.80 Å². The summed E-state index contributed by atoms with van der Waals surface area (Å²) >= 11 is 0. The SMILES string of the molecule is O=C(NCc1ccc(F)cc1F)c1cn2c(c(O)c1=O)C(=O)N1[C@@H](C2)N[C@H]2CCCC[C@@H]21.O=C(NCc1ccc(F)cc1F)c1cn2c(c(O)c1=O)C(=O)N1[C@H](C2)N[C@H]2CCCC[C@@H]21. The lowest BCUT2D eigenvalue weighted by atomic mass is 9.91. The maximum absolute atomic E-state index is 13.8. The molecule has 2 saturated carbocycles. The predicted molar refractivity (Wildman–Crippen MR) is 218 cm³/mol. The van der Waals surface area contributed by atoms with E-state index in [-0.39, 0.29) is 96.3 Å². The first-order valence-electron chi connectivity index (χ1n) is 21.2. The van der Waals surface area contributed by atoms with Gasteiger partial charge in [0.25, 0.3) is 23.6 Å². The second-order valence-electron chi connectivity index (χ2n) is 17.0. The summed E-state index contributed by atoms with van der Waals surface area (Å²) in [7, 11) is 0. The van der Waals surface area contributed by atoms with Gasteiger partial charge in [0.1, 0.15) is 46.7 Å². The van der Waals surface area contributed by atoms with Gasteiger partial charge in [0.2, 0.25) is 10.9 Å². The van der Waals surface area contributed by atoms with Gasteiger partial charge in [-0.15, -0.1) is 0 Å². The summed E-state index contributed by atoms with van der Waals surface area (Å²) in [6.07, 6.45) is 9.80. The Balaban J connectivity index is 0.000000162. The highest BCUT2D eigenvalue weighted by atomic mass is 19.1. The zero-order chi connectivity index (χ0) is 45.1. The fourth-order valence-corrected chi connectivity index (χ4v) is 10.1. The molecule has 2 aromatic heterocycles. The minimum absolute atomic E-state index is 0.0260. The van der Waals surface area contributed by atoms with Gasteiger partial charge in [-0.1, -0.05) is 37.8 Å². The zero-order valence-corrected chi connectivity index (χ0v) is 34.2. The lowest BCUT2D eigenvalue weighted by Gasteiger charge is -2.37. The maximum Gasteiger partial charge on any atom is 0.276 e. The number of amides is 4. The van der Waals surface area contributed by atoms with Crippen molar-refractivity contribution < 1.29 is 47.0 Å². The fraction of sp³-hybridized carbons (Fsp3) is 0.409. The van der Waals surface area contributed by atoms with Crippen molar-refractivity contribution in [3.8, 4) is 11.5 Å². The van der Waals surface area contributed by atoms with Gasteiger partial charge in [-0.2, -0.15) is 0 Å². The van der Waals surface area contributed by atoms with E-state index in [2.05, 4.69) is 21.3 Å². The van der Waals surface area contributed by atoms with Crippen LogP contribution in [0.25, 0.3) is 0 Å². The van der Waals surface area contributed by atoms with E-state index >= 15 is 0 Å². The molecule has 64 heavy (non-hydrogen) atoms. The summed E-state index contributed by atoms with van der Waals surface area (Å²) in [5, 5.41) is 32.8. The van der Waals surface area contributed by atoms with E-state index in [0.29, 0.717) is 12.1 Å². The molecule has 0 bridgehead atoms. The smallest absolute Gasteiger partial charge is 0.276 e. The number of carbonyl (C=O) groups excluding carboxylic acids is 4. The van der Waals surface area contributed by atoms with Crippen molar-refractivity contribution in [2.24, 2.45) is 0 Å². The maximum atomic E-state index is 13.8. The van der Waals surface area contributed by atoms with Crippen molar-refractivity contribution in [3.05, 3.63) is 126 Å². The minimum Gasteiger partial charge on any atom is -0.503 e. The largest absolute Gasteiger partial charge is 0.503 e. The standard InChI is InChI=1S/2C22H22F2N4O4/c2*23-12-6-5-11(14(24)7-12)8-25-21(31)13-9-27-10-17-26-15-3-1-2-4-16(15)28(17)22(32)18(27)20(30)19(13)29/h2*5-7,9,15-17,26,30H,1-4,8,10H2,(H,25,31)/t15-,16-,17+;15-,16-,17-/m00/s1. The number of nitrogens with zero attached hydrogens (tertiary/aromatic N) is 4. The fourth-order valence-electron chi connectivity index (χ4n) is 10.1. The van der Waals surface area contributed by atoms with Gasteiger partial charge in [-0.3, -0.25) is 39.4 Å². The molecule has 4 aromatic rings. The number of nitrogens with one attached hydrogen (secondary N) is 4. The first kappa shape index (κ1) is 42.7. The molecule has 0 radical (unpaired) electrons. The number of rotatable bonds is 6. The number of fused-ring (bicyclic) bond motifs is 8. The summed E-state index contributed by atoms with van der Waals surface area (Å²) in [4.78, 5) is 80.4. The van der Waals surface area contributed by atoms with Crippen LogP contribution in [0.3, 0.4) is 0 Å². The second-order valence-corrected chi connectivity index (χ2v) is 17.0. The zero-order valence-electron chi connectivity index (χ0n) is 34.2. The molecule has 10 rings (SSSR count). The third-order valence-electron chi connectivity index (χ3n) is 13.2. The molecule has 336 valence electrons. The van der Waals surface area contributed by atoms with Crippen molar-refractivity contribution in [2.75, 3.05) is 0 Å². The monoisotopic (exact) mass is 888 g/mol. The summed E-state index contributed by atoms with van der Waals surface area (Å²) in [6, 6.07) is 6.32. The first-order valence-corrected chi connectivity index (χ1v) is 21.2. The van der Waals surface area contributed by atoms with Crippen LogP contribution in [0, 0.1) is 23.3 Å². The van der Waals surface area contributed by atoms with Crippen LogP contribution in [-0.2, 0) is 26.2 Å². The van der Waals surface area contributed by atoms with Crippen LogP contribution in [0.1, 0.15) is 104 Å². The molecule has 6 atom stereocenters. The van der Waals surface area contributed by atoms with Crippen LogP contribution in [0.15, 0.2) is 58.4 Å². The van der Waals surface area contributed by atoms with E-state index in [1.807, 2.05) is 0 Å². The number of hydrogen-bond donors (Lipinski definition) is 6. The highest BCUT2D eigenvalue weighted by Gasteiger charge is 2.50. The molecule has 4 amide bonds. The van der Waals surface area contributed by atoms with Crippen LogP contribution in [0.4, 0.5) is 17.6 Å². The Morgan fingerprint density at radius 3 is 1.39 bits per heavy atom. The quantitative estimate of drug-likeness (QED) is 0.156. The van der Waals surface area contributed by atoms with Crippen LogP contribution >= 0.6 is 0 Å². The molecule has 6 N–H and O–H groups in total. The summed E-state index contributed by atoms with van der Waals surface area (Å²) < 4.78 is 56.6. The summed E-state index contributed by atoms with van der Waals surface area (Å²) in [5.74, 6) is -7.19. The highest BCUT2D eigenvalue weighted by molar-refractivity contribution is 6.00. The molecular formula is C44H44F4N8O8. The molecule has 6 aliphatic rings. The van der Waals surface area contributed by atoms with Crippen molar-refractivity contribution >= 4 is 23.6 Å². The lowest BCUT2D eigenvalue weighted by molar-refractivity contribution is 0.0536. The van der Waals surface area contributed by atoms with Gasteiger partial charge in [0, 0.05) is 72.9 Å². The molecule has 0 unspecified atom stereocenters. The number of carbonyl (C=O) groups is 4. The Labute approximate surface area is 361 Å². The molecule has 20 heteroatoms. The number of pyridine rings is 2. The summed E-state index contributed by atoms with van der Waals surface area (Å²) in [5.41, 5.74) is -2.80. The Kier molecular flexibility index (Phi) is 11.3. The van der Waals surface area contributed by atoms with Crippen LogP contribution in [-0.4, -0.2) is 89.3 Å². The Hall–Kier alpha value is -6.54. The summed E-state index contributed by atoms with van der Waals surface area (Å²) in [6.45, 7) is 0.0316. The van der Waals surface area contributed by atoms with Crippen LogP contribution in [0.5, 0.6) is 11.5 Å². The van der Waals surface area contributed by atoms with Gasteiger partial charge in [0.05, 0.1) is 13.1 Å². The van der Waals surface area contributed by atoms with Gasteiger partial charge < -0.3 is 39.8 Å². The third-order valence-corrected chi connectivity index (χ3v) is 13.2. The molecule has 0 spiro atoms. The highest BCUT2D eigenvalue weighted by Crippen LogP contribution is 2.37. The molecule has 2 saturated heterocycles. The normalized spacial score (nSPS) is 24.0. The molecule has 2 aromatic carbocycles. The topological polar surface area (TPSA) is 207 Å². The number of halogens is 4. The Morgan fingerprint density at radius 1 is 0.609 bits per heavy atom. The second kappa shape index (κ2) is 16.9.